The predicted molar refractivity (Wildman–Crippen MR) is 69.4 cm³/mol. The van der Waals surface area contributed by atoms with Crippen molar-refractivity contribution < 1.29 is 8.42 Å². The van der Waals surface area contributed by atoms with E-state index in [1.54, 1.807) is 0 Å². The average molecular weight is 260 g/mol. The Morgan fingerprint density at radius 2 is 1.71 bits per heavy atom. The van der Waals surface area contributed by atoms with Gasteiger partial charge in [-0.2, -0.15) is 0 Å². The quantitative estimate of drug-likeness (QED) is 0.731. The topological polar surface area (TPSA) is 58.2 Å². The summed E-state index contributed by atoms with van der Waals surface area (Å²) in [7, 11) is -3.05. The van der Waals surface area contributed by atoms with Gasteiger partial charge < -0.3 is 5.32 Å². The van der Waals surface area contributed by atoms with Gasteiger partial charge in [-0.1, -0.05) is 25.7 Å². The first kappa shape index (κ1) is 13.3. The third-order valence-corrected chi connectivity index (χ3v) is 5.33. The monoisotopic (exact) mass is 260 g/mol. The maximum Gasteiger partial charge on any atom is 0.211 e. The summed E-state index contributed by atoms with van der Waals surface area (Å²) in [5.74, 6) is 0.872. The highest BCUT2D eigenvalue weighted by atomic mass is 32.2. The molecule has 1 aliphatic carbocycles. The van der Waals surface area contributed by atoms with Crippen molar-refractivity contribution in [2.75, 3.05) is 18.8 Å². The van der Waals surface area contributed by atoms with Gasteiger partial charge in [-0.05, 0) is 38.3 Å². The van der Waals surface area contributed by atoms with Gasteiger partial charge in [-0.15, -0.1) is 0 Å². The van der Waals surface area contributed by atoms with Crippen LogP contribution in [0.3, 0.4) is 0 Å². The van der Waals surface area contributed by atoms with Gasteiger partial charge in [0.1, 0.15) is 0 Å². The molecule has 0 radical (unpaired) electrons. The van der Waals surface area contributed by atoms with Crippen LogP contribution in [0.4, 0.5) is 0 Å². The summed E-state index contributed by atoms with van der Waals surface area (Å²) in [4.78, 5) is 0. The molecule has 5 heteroatoms. The molecule has 1 saturated carbocycles. The van der Waals surface area contributed by atoms with Gasteiger partial charge >= 0.3 is 0 Å². The lowest BCUT2D eigenvalue weighted by molar-refractivity contribution is 0.338. The molecule has 0 amide bonds. The summed E-state index contributed by atoms with van der Waals surface area (Å²) in [5, 5.41) is 3.17. The second-order valence-electron chi connectivity index (χ2n) is 5.44. The van der Waals surface area contributed by atoms with Crippen LogP contribution in [0.25, 0.3) is 0 Å². The molecule has 0 spiro atoms. The van der Waals surface area contributed by atoms with Crippen LogP contribution in [0.15, 0.2) is 0 Å². The fourth-order valence-electron chi connectivity index (χ4n) is 2.58. The van der Waals surface area contributed by atoms with Gasteiger partial charge in [-0.3, -0.25) is 0 Å². The highest BCUT2D eigenvalue weighted by Crippen LogP contribution is 2.18. The molecule has 0 unspecified atom stereocenters. The third kappa shape index (κ3) is 4.56. The van der Waals surface area contributed by atoms with Gasteiger partial charge in [0.05, 0.1) is 5.75 Å². The fraction of sp³-hybridized carbons (Fsp3) is 1.00. The first-order valence-corrected chi connectivity index (χ1v) is 8.52. The van der Waals surface area contributed by atoms with Crippen LogP contribution in [0.1, 0.15) is 44.9 Å². The molecule has 4 nitrogen and oxygen atoms in total. The first-order valence-electron chi connectivity index (χ1n) is 6.86. The molecule has 0 atom stereocenters. The van der Waals surface area contributed by atoms with Crippen LogP contribution in [0, 0.1) is 5.92 Å². The van der Waals surface area contributed by atoms with Crippen molar-refractivity contribution in [2.24, 2.45) is 5.92 Å². The second kappa shape index (κ2) is 6.16. The van der Waals surface area contributed by atoms with Crippen molar-refractivity contribution in [1.82, 2.24) is 10.0 Å². The van der Waals surface area contributed by atoms with Gasteiger partial charge in [0.2, 0.25) is 10.0 Å². The number of hydrogen-bond acceptors (Lipinski definition) is 3. The number of sulfonamides is 1. The molecule has 2 fully saturated rings. The summed E-state index contributed by atoms with van der Waals surface area (Å²) in [6, 6.07) is 0.196. The van der Waals surface area contributed by atoms with E-state index in [1.165, 1.54) is 25.7 Å². The molecule has 1 heterocycles. The molecule has 2 aliphatic rings. The van der Waals surface area contributed by atoms with Gasteiger partial charge in [0.25, 0.3) is 0 Å². The Hall–Kier alpha value is -0.130. The minimum atomic E-state index is -3.05. The molecule has 2 rings (SSSR count). The highest BCUT2D eigenvalue weighted by Gasteiger charge is 2.23. The van der Waals surface area contributed by atoms with Crippen molar-refractivity contribution in [3.8, 4) is 0 Å². The second-order valence-corrected chi connectivity index (χ2v) is 7.31. The van der Waals surface area contributed by atoms with Crippen LogP contribution in [0.2, 0.25) is 0 Å². The number of hydrogen-bond donors (Lipinski definition) is 2. The van der Waals surface area contributed by atoms with Crippen molar-refractivity contribution in [2.45, 2.75) is 51.0 Å². The number of nitrogens with one attached hydrogen (secondary N) is 2. The molecule has 0 aromatic rings. The van der Waals surface area contributed by atoms with Crippen molar-refractivity contribution in [3.05, 3.63) is 0 Å². The zero-order valence-electron chi connectivity index (χ0n) is 10.5. The molecule has 0 aromatic carbocycles. The van der Waals surface area contributed by atoms with Crippen molar-refractivity contribution in [3.63, 3.8) is 0 Å². The third-order valence-electron chi connectivity index (χ3n) is 3.86. The summed E-state index contributed by atoms with van der Waals surface area (Å²) in [6.45, 7) is 1.97. The van der Waals surface area contributed by atoms with E-state index in [9.17, 15) is 8.42 Å². The minimum absolute atomic E-state index is 0.196. The van der Waals surface area contributed by atoms with E-state index in [-0.39, 0.29) is 6.04 Å². The highest BCUT2D eigenvalue weighted by molar-refractivity contribution is 7.89. The average Bonchev–Trinajstić information content (AvgIpc) is 2.43. The Balaban J connectivity index is 1.74. The van der Waals surface area contributed by atoms with Crippen LogP contribution in [-0.4, -0.2) is 33.3 Å². The summed E-state index contributed by atoms with van der Waals surface area (Å²) in [6.07, 6.45) is 7.68. The van der Waals surface area contributed by atoms with Crippen LogP contribution < -0.4 is 10.0 Å². The molecule has 0 aromatic heterocycles. The van der Waals surface area contributed by atoms with E-state index in [4.69, 9.17) is 0 Å². The van der Waals surface area contributed by atoms with E-state index in [0.29, 0.717) is 11.7 Å². The van der Waals surface area contributed by atoms with E-state index in [2.05, 4.69) is 10.0 Å². The predicted octanol–water partition coefficient (Wildman–Crippen LogP) is 1.24. The molecular formula is C12H24N2O2S. The van der Waals surface area contributed by atoms with E-state index in [0.717, 1.165) is 32.4 Å². The Bertz CT molecular complexity index is 317. The van der Waals surface area contributed by atoms with Crippen molar-refractivity contribution in [1.29, 1.82) is 0 Å². The Morgan fingerprint density at radius 1 is 1.06 bits per heavy atom. The smallest absolute Gasteiger partial charge is 0.211 e. The molecule has 17 heavy (non-hydrogen) atoms. The summed E-state index contributed by atoms with van der Waals surface area (Å²) < 4.78 is 26.7. The number of rotatable bonds is 5. The molecule has 1 aliphatic heterocycles. The Kier molecular flexibility index (Phi) is 4.82. The van der Waals surface area contributed by atoms with Crippen molar-refractivity contribution >= 4 is 10.0 Å². The molecule has 100 valence electrons. The Morgan fingerprint density at radius 3 is 2.24 bits per heavy atom. The lowest BCUT2D eigenvalue weighted by atomic mass is 10.0. The minimum Gasteiger partial charge on any atom is -0.316 e. The van der Waals surface area contributed by atoms with Gasteiger partial charge in [-0.25, -0.2) is 13.1 Å². The fourth-order valence-corrected chi connectivity index (χ4v) is 4.09. The molecule has 1 saturated heterocycles. The SMILES string of the molecule is O=S(=O)(CCC1CNC1)NC1CCCCCC1. The van der Waals surface area contributed by atoms with Crippen LogP contribution in [-0.2, 0) is 10.0 Å². The molecule has 2 N–H and O–H groups in total. The van der Waals surface area contributed by atoms with Gasteiger partial charge in [0.15, 0.2) is 0 Å². The van der Waals surface area contributed by atoms with Crippen LogP contribution >= 0.6 is 0 Å². The standard InChI is InChI=1S/C12H24N2O2S/c15-17(16,8-7-11-9-13-10-11)14-12-5-3-1-2-4-6-12/h11-14H,1-10H2. The largest absolute Gasteiger partial charge is 0.316 e. The molecule has 0 bridgehead atoms. The maximum atomic E-state index is 11.9. The zero-order valence-corrected chi connectivity index (χ0v) is 11.3. The summed E-state index contributed by atoms with van der Waals surface area (Å²) in [5.41, 5.74) is 0. The first-order chi connectivity index (χ1) is 8.16. The van der Waals surface area contributed by atoms with Gasteiger partial charge in [0, 0.05) is 6.04 Å². The Labute approximate surface area is 105 Å². The maximum absolute atomic E-state index is 11.9. The van der Waals surface area contributed by atoms with Crippen LogP contribution in [0.5, 0.6) is 0 Å². The summed E-state index contributed by atoms with van der Waals surface area (Å²) >= 11 is 0. The van der Waals surface area contributed by atoms with E-state index in [1.807, 2.05) is 0 Å². The molecular weight excluding hydrogens is 236 g/mol. The zero-order chi connectivity index (χ0) is 12.1. The van der Waals surface area contributed by atoms with E-state index >= 15 is 0 Å². The lowest BCUT2D eigenvalue weighted by Gasteiger charge is -2.27. The normalized spacial score (nSPS) is 24.2. The lowest BCUT2D eigenvalue weighted by Crippen LogP contribution is -2.44. The van der Waals surface area contributed by atoms with E-state index < -0.39 is 10.0 Å².